The average Bonchev–Trinajstić information content (AvgIpc) is 2.44. The monoisotopic (exact) mass is 297 g/mol. The number of nitrogens with two attached hydrogens (primary N) is 1. The van der Waals surface area contributed by atoms with Crippen LogP contribution in [0, 0.1) is 5.82 Å². The van der Waals surface area contributed by atoms with Crippen molar-refractivity contribution in [3.63, 3.8) is 0 Å². The molecule has 0 unspecified atom stereocenters. The summed E-state index contributed by atoms with van der Waals surface area (Å²) >= 11 is 5.72. The predicted octanol–water partition coefficient (Wildman–Crippen LogP) is 2.44. The van der Waals surface area contributed by atoms with Crippen LogP contribution in [0.1, 0.15) is 5.82 Å². The lowest BCUT2D eigenvalue weighted by Gasteiger charge is -2.10. The maximum absolute atomic E-state index is 13.8. The Balaban J connectivity index is 2.32. The van der Waals surface area contributed by atoms with Crippen molar-refractivity contribution < 1.29 is 9.13 Å². The van der Waals surface area contributed by atoms with Crippen molar-refractivity contribution in [2.75, 3.05) is 17.9 Å². The topological polar surface area (TPSA) is 85.1 Å². The summed E-state index contributed by atoms with van der Waals surface area (Å²) < 4.78 is 18.8. The molecule has 2 aromatic rings. The lowest BCUT2D eigenvalue weighted by molar-refractivity contribution is 0.178. The molecule has 106 valence electrons. The number of hydrogen-bond donors (Lipinski definition) is 3. The number of benzene rings is 1. The fourth-order valence-electron chi connectivity index (χ4n) is 1.57. The second-order valence-corrected chi connectivity index (χ2v) is 4.27. The van der Waals surface area contributed by atoms with Crippen LogP contribution in [0.4, 0.5) is 21.7 Å². The molecule has 1 aromatic carbocycles. The van der Waals surface area contributed by atoms with Crippen LogP contribution in [0.25, 0.3) is 0 Å². The Morgan fingerprint density at radius 3 is 2.80 bits per heavy atom. The predicted molar refractivity (Wildman–Crippen MR) is 75.2 cm³/mol. The molecule has 0 aliphatic heterocycles. The lowest BCUT2D eigenvalue weighted by Crippen LogP contribution is -2.12. The van der Waals surface area contributed by atoms with Gasteiger partial charge in [0.15, 0.2) is 11.6 Å². The van der Waals surface area contributed by atoms with E-state index in [4.69, 9.17) is 22.2 Å². The zero-order valence-corrected chi connectivity index (χ0v) is 11.4. The number of nitrogen functional groups attached to an aromatic ring is 1. The van der Waals surface area contributed by atoms with Gasteiger partial charge in [-0.15, -0.1) is 0 Å². The number of anilines is 3. The number of nitrogens with zero attached hydrogens (tertiary/aromatic N) is 2. The minimum absolute atomic E-state index is 0.0262. The van der Waals surface area contributed by atoms with Crippen molar-refractivity contribution in [3.05, 3.63) is 40.9 Å². The molecule has 0 bridgehead atoms. The van der Waals surface area contributed by atoms with Crippen LogP contribution < -0.4 is 16.6 Å². The first-order valence-electron chi connectivity index (χ1n) is 5.68. The van der Waals surface area contributed by atoms with E-state index in [2.05, 4.69) is 20.7 Å². The van der Waals surface area contributed by atoms with Crippen molar-refractivity contribution in [3.8, 4) is 0 Å². The van der Waals surface area contributed by atoms with E-state index < -0.39 is 5.82 Å². The van der Waals surface area contributed by atoms with E-state index in [-0.39, 0.29) is 17.3 Å². The van der Waals surface area contributed by atoms with Gasteiger partial charge in [-0.25, -0.2) is 20.2 Å². The van der Waals surface area contributed by atoms with Gasteiger partial charge in [0.25, 0.3) is 0 Å². The van der Waals surface area contributed by atoms with Crippen molar-refractivity contribution in [1.82, 2.24) is 9.97 Å². The molecular weight excluding hydrogens is 285 g/mol. The van der Waals surface area contributed by atoms with Gasteiger partial charge in [-0.1, -0.05) is 17.7 Å². The zero-order chi connectivity index (χ0) is 14.5. The quantitative estimate of drug-likeness (QED) is 0.580. The molecule has 1 aromatic heterocycles. The molecule has 2 rings (SSSR count). The van der Waals surface area contributed by atoms with Crippen LogP contribution >= 0.6 is 11.6 Å². The molecule has 0 fully saturated rings. The highest BCUT2D eigenvalue weighted by Crippen LogP contribution is 2.25. The minimum Gasteiger partial charge on any atom is -0.377 e. The fourth-order valence-corrected chi connectivity index (χ4v) is 1.74. The summed E-state index contributed by atoms with van der Waals surface area (Å²) in [6, 6.07) is 6.19. The SMILES string of the molecule is COCc1nc(NN)cc(Nc2cccc(Cl)c2F)n1. The second kappa shape index (κ2) is 6.47. The van der Waals surface area contributed by atoms with Crippen LogP contribution in [0.3, 0.4) is 0 Å². The number of methoxy groups -OCH3 is 1. The number of aromatic nitrogens is 2. The van der Waals surface area contributed by atoms with E-state index in [1.807, 2.05) is 0 Å². The van der Waals surface area contributed by atoms with E-state index in [1.54, 1.807) is 18.2 Å². The van der Waals surface area contributed by atoms with E-state index in [1.165, 1.54) is 13.2 Å². The summed E-state index contributed by atoms with van der Waals surface area (Å²) in [5.74, 6) is 5.95. The highest BCUT2D eigenvalue weighted by atomic mass is 35.5. The Hall–Kier alpha value is -1.96. The Labute approximate surface area is 120 Å². The smallest absolute Gasteiger partial charge is 0.165 e. The molecule has 0 saturated heterocycles. The number of ether oxygens (including phenoxy) is 1. The standard InChI is InChI=1S/C12H13ClFN5O/c1-20-6-11-17-9(5-10(18-11)19-15)16-8-4-2-3-7(13)12(8)14/h2-5H,6,15H2,1H3,(H2,16,17,18,19). The fraction of sp³-hybridized carbons (Fsp3) is 0.167. The second-order valence-electron chi connectivity index (χ2n) is 3.86. The first-order chi connectivity index (χ1) is 9.63. The normalized spacial score (nSPS) is 10.4. The summed E-state index contributed by atoms with van der Waals surface area (Å²) in [6.45, 7) is 0.211. The molecule has 4 N–H and O–H groups in total. The van der Waals surface area contributed by atoms with E-state index >= 15 is 0 Å². The molecule has 1 heterocycles. The van der Waals surface area contributed by atoms with Crippen LogP contribution in [-0.4, -0.2) is 17.1 Å². The van der Waals surface area contributed by atoms with Crippen molar-refractivity contribution in [1.29, 1.82) is 0 Å². The van der Waals surface area contributed by atoms with Crippen LogP contribution in [0.5, 0.6) is 0 Å². The van der Waals surface area contributed by atoms with Gasteiger partial charge >= 0.3 is 0 Å². The molecule has 0 aliphatic rings. The van der Waals surface area contributed by atoms with E-state index in [0.29, 0.717) is 17.5 Å². The molecule has 0 aliphatic carbocycles. The first-order valence-corrected chi connectivity index (χ1v) is 6.06. The maximum atomic E-state index is 13.8. The van der Waals surface area contributed by atoms with Gasteiger partial charge in [0.1, 0.15) is 18.2 Å². The Morgan fingerprint density at radius 2 is 2.10 bits per heavy atom. The van der Waals surface area contributed by atoms with Crippen molar-refractivity contribution in [2.24, 2.45) is 5.84 Å². The molecule has 0 spiro atoms. The van der Waals surface area contributed by atoms with Crippen LogP contribution in [-0.2, 0) is 11.3 Å². The van der Waals surface area contributed by atoms with E-state index in [0.717, 1.165) is 0 Å². The lowest BCUT2D eigenvalue weighted by atomic mass is 10.3. The number of nitrogens with one attached hydrogen (secondary N) is 2. The summed E-state index contributed by atoms with van der Waals surface area (Å²) in [5.41, 5.74) is 2.62. The zero-order valence-electron chi connectivity index (χ0n) is 10.7. The van der Waals surface area contributed by atoms with E-state index in [9.17, 15) is 4.39 Å². The van der Waals surface area contributed by atoms with Gasteiger partial charge in [-0.05, 0) is 12.1 Å². The Bertz CT molecular complexity index is 610. The van der Waals surface area contributed by atoms with Gasteiger partial charge in [0, 0.05) is 13.2 Å². The average molecular weight is 298 g/mol. The number of halogens is 2. The summed E-state index contributed by atoms with van der Waals surface area (Å²) in [5, 5.41) is 2.85. The summed E-state index contributed by atoms with van der Waals surface area (Å²) in [4.78, 5) is 8.28. The minimum atomic E-state index is -0.552. The van der Waals surface area contributed by atoms with Gasteiger partial charge < -0.3 is 15.5 Å². The van der Waals surface area contributed by atoms with Gasteiger partial charge in [-0.3, -0.25) is 0 Å². The third-order valence-electron chi connectivity index (χ3n) is 2.41. The largest absolute Gasteiger partial charge is 0.377 e. The molecular formula is C12H13ClFN5O. The van der Waals surface area contributed by atoms with Crippen molar-refractivity contribution >= 4 is 28.9 Å². The molecule has 0 radical (unpaired) electrons. The molecule has 20 heavy (non-hydrogen) atoms. The van der Waals surface area contributed by atoms with Crippen molar-refractivity contribution in [2.45, 2.75) is 6.61 Å². The van der Waals surface area contributed by atoms with Crippen LogP contribution in [0.15, 0.2) is 24.3 Å². The van der Waals surface area contributed by atoms with Gasteiger partial charge in [-0.2, -0.15) is 0 Å². The Kier molecular flexibility index (Phi) is 4.67. The molecule has 0 amide bonds. The third-order valence-corrected chi connectivity index (χ3v) is 2.70. The molecule has 0 saturated carbocycles. The highest BCUT2D eigenvalue weighted by molar-refractivity contribution is 6.31. The number of rotatable bonds is 5. The van der Waals surface area contributed by atoms with Gasteiger partial charge in [0.2, 0.25) is 0 Å². The number of hydrazine groups is 1. The molecule has 0 atom stereocenters. The summed E-state index contributed by atoms with van der Waals surface area (Å²) in [6.07, 6.45) is 0. The Morgan fingerprint density at radius 1 is 1.35 bits per heavy atom. The first kappa shape index (κ1) is 14.4. The highest BCUT2D eigenvalue weighted by Gasteiger charge is 2.09. The summed E-state index contributed by atoms with van der Waals surface area (Å²) in [7, 11) is 1.52. The third kappa shape index (κ3) is 3.32. The van der Waals surface area contributed by atoms with Crippen LogP contribution in [0.2, 0.25) is 5.02 Å². The molecule has 8 heteroatoms. The molecule has 6 nitrogen and oxygen atoms in total. The number of hydrogen-bond acceptors (Lipinski definition) is 6. The maximum Gasteiger partial charge on any atom is 0.165 e. The van der Waals surface area contributed by atoms with Gasteiger partial charge in [0.05, 0.1) is 10.7 Å².